The van der Waals surface area contributed by atoms with E-state index in [9.17, 15) is 4.79 Å². The standard InChI is InChI=1S/C20H22N4O2/c1-3-26-17-9-7-15(8-10-17)18-12-21-13-19(23-18)20(25)24-22-11-16-6-4-5-14(16)2/h7-13H,3-6H2,1-2H3,(H,24,25). The number of rotatable bonds is 6. The number of benzene rings is 1. The van der Waals surface area contributed by atoms with E-state index in [1.54, 1.807) is 12.4 Å². The lowest BCUT2D eigenvalue weighted by atomic mass is 10.1. The molecule has 6 nitrogen and oxygen atoms in total. The largest absolute Gasteiger partial charge is 0.494 e. The number of allylic oxidation sites excluding steroid dienone is 2. The van der Waals surface area contributed by atoms with Crippen molar-refractivity contribution in [2.45, 2.75) is 33.1 Å². The highest BCUT2D eigenvalue weighted by Gasteiger charge is 2.11. The summed E-state index contributed by atoms with van der Waals surface area (Å²) < 4.78 is 5.43. The minimum Gasteiger partial charge on any atom is -0.494 e. The summed E-state index contributed by atoms with van der Waals surface area (Å²) in [6.07, 6.45) is 8.05. The van der Waals surface area contributed by atoms with Gasteiger partial charge in [0.25, 0.3) is 5.91 Å². The Morgan fingerprint density at radius 3 is 2.77 bits per heavy atom. The maximum Gasteiger partial charge on any atom is 0.291 e. The molecule has 0 spiro atoms. The fourth-order valence-corrected chi connectivity index (χ4v) is 2.82. The molecule has 6 heteroatoms. The Labute approximate surface area is 153 Å². The molecule has 3 rings (SSSR count). The van der Waals surface area contributed by atoms with Crippen molar-refractivity contribution in [3.05, 3.63) is 53.5 Å². The van der Waals surface area contributed by atoms with Crippen molar-refractivity contribution in [2.75, 3.05) is 6.61 Å². The minimum absolute atomic E-state index is 0.227. The van der Waals surface area contributed by atoms with E-state index in [-0.39, 0.29) is 11.6 Å². The number of nitrogens with one attached hydrogen (secondary N) is 1. The van der Waals surface area contributed by atoms with Crippen LogP contribution in [0.5, 0.6) is 5.75 Å². The van der Waals surface area contributed by atoms with Gasteiger partial charge >= 0.3 is 0 Å². The van der Waals surface area contributed by atoms with Gasteiger partial charge in [-0.15, -0.1) is 0 Å². The van der Waals surface area contributed by atoms with Crippen LogP contribution in [0, 0.1) is 0 Å². The van der Waals surface area contributed by atoms with Gasteiger partial charge in [-0.25, -0.2) is 10.4 Å². The van der Waals surface area contributed by atoms with Crippen molar-refractivity contribution < 1.29 is 9.53 Å². The Morgan fingerprint density at radius 1 is 1.27 bits per heavy atom. The molecule has 26 heavy (non-hydrogen) atoms. The molecule has 0 bridgehead atoms. The first-order valence-electron chi connectivity index (χ1n) is 8.74. The third-order valence-electron chi connectivity index (χ3n) is 4.26. The predicted octanol–water partition coefficient (Wildman–Crippen LogP) is 3.76. The lowest BCUT2D eigenvalue weighted by molar-refractivity contribution is 0.0950. The molecule has 0 atom stereocenters. The number of aromatic nitrogens is 2. The predicted molar refractivity (Wildman–Crippen MR) is 101 cm³/mol. The summed E-state index contributed by atoms with van der Waals surface area (Å²) >= 11 is 0. The fourth-order valence-electron chi connectivity index (χ4n) is 2.82. The maximum atomic E-state index is 12.3. The molecule has 0 aliphatic heterocycles. The molecule has 1 aliphatic carbocycles. The van der Waals surface area contributed by atoms with Crippen molar-refractivity contribution >= 4 is 12.1 Å². The number of hydrogen-bond donors (Lipinski definition) is 1. The van der Waals surface area contributed by atoms with Gasteiger partial charge in [-0.05, 0) is 62.9 Å². The van der Waals surface area contributed by atoms with Gasteiger partial charge < -0.3 is 4.74 Å². The quantitative estimate of drug-likeness (QED) is 0.636. The van der Waals surface area contributed by atoms with Crippen LogP contribution in [-0.4, -0.2) is 28.7 Å². The Morgan fingerprint density at radius 2 is 2.08 bits per heavy atom. The summed E-state index contributed by atoms with van der Waals surface area (Å²) in [6, 6.07) is 7.53. The molecule has 2 aromatic rings. The molecule has 0 radical (unpaired) electrons. The molecule has 1 N–H and O–H groups in total. The number of ether oxygens (including phenoxy) is 1. The van der Waals surface area contributed by atoms with E-state index in [4.69, 9.17) is 4.74 Å². The molecule has 1 aliphatic rings. The van der Waals surface area contributed by atoms with Gasteiger partial charge in [0.05, 0.1) is 30.9 Å². The monoisotopic (exact) mass is 350 g/mol. The summed E-state index contributed by atoms with van der Waals surface area (Å²) in [5.41, 5.74) is 6.77. The zero-order chi connectivity index (χ0) is 18.4. The molecule has 1 aromatic heterocycles. The molecular formula is C20H22N4O2. The number of carbonyl (C=O) groups excluding carboxylic acids is 1. The van der Waals surface area contributed by atoms with Crippen molar-refractivity contribution in [1.29, 1.82) is 0 Å². The van der Waals surface area contributed by atoms with E-state index in [1.807, 2.05) is 31.2 Å². The molecule has 1 heterocycles. The Hall–Kier alpha value is -3.02. The SMILES string of the molecule is CCOc1ccc(-c2cncc(C(=O)NN=CC3=C(C)CCC3)n2)cc1. The van der Waals surface area contributed by atoms with Crippen LogP contribution in [0.15, 0.2) is 52.9 Å². The molecule has 1 aromatic carbocycles. The minimum atomic E-state index is -0.377. The molecule has 0 saturated heterocycles. The molecule has 0 saturated carbocycles. The highest BCUT2D eigenvalue weighted by Crippen LogP contribution is 2.23. The topological polar surface area (TPSA) is 76.5 Å². The number of nitrogens with zero attached hydrogens (tertiary/aromatic N) is 3. The van der Waals surface area contributed by atoms with E-state index < -0.39 is 0 Å². The van der Waals surface area contributed by atoms with E-state index in [0.29, 0.717) is 12.3 Å². The van der Waals surface area contributed by atoms with Gasteiger partial charge in [0.2, 0.25) is 0 Å². The molecule has 0 unspecified atom stereocenters. The van der Waals surface area contributed by atoms with Crippen LogP contribution < -0.4 is 10.2 Å². The Kier molecular flexibility index (Phi) is 5.73. The third-order valence-corrected chi connectivity index (χ3v) is 4.26. The third kappa shape index (κ3) is 4.33. The number of hydrazone groups is 1. The number of carbonyl (C=O) groups is 1. The van der Waals surface area contributed by atoms with Crippen LogP contribution in [0.4, 0.5) is 0 Å². The summed E-state index contributed by atoms with van der Waals surface area (Å²) in [4.78, 5) is 20.8. The maximum absolute atomic E-state index is 12.3. The first-order valence-corrected chi connectivity index (χ1v) is 8.74. The van der Waals surface area contributed by atoms with Crippen LogP contribution in [0.1, 0.15) is 43.6 Å². The van der Waals surface area contributed by atoms with Crippen molar-refractivity contribution in [3.8, 4) is 17.0 Å². The Balaban J connectivity index is 1.69. The zero-order valence-corrected chi connectivity index (χ0v) is 15.0. The normalized spacial score (nSPS) is 14.1. The number of amides is 1. The van der Waals surface area contributed by atoms with Crippen LogP contribution in [0.2, 0.25) is 0 Å². The average Bonchev–Trinajstić information content (AvgIpc) is 3.07. The van der Waals surface area contributed by atoms with Gasteiger partial charge in [-0.1, -0.05) is 5.57 Å². The second-order valence-corrected chi connectivity index (χ2v) is 6.11. The van der Waals surface area contributed by atoms with Crippen LogP contribution >= 0.6 is 0 Å². The fraction of sp³-hybridized carbons (Fsp3) is 0.300. The zero-order valence-electron chi connectivity index (χ0n) is 15.0. The van der Waals surface area contributed by atoms with Crippen LogP contribution in [-0.2, 0) is 0 Å². The van der Waals surface area contributed by atoms with Crippen molar-refractivity contribution in [2.24, 2.45) is 5.10 Å². The summed E-state index contributed by atoms with van der Waals surface area (Å²) in [5.74, 6) is 0.418. The highest BCUT2D eigenvalue weighted by molar-refractivity contribution is 5.93. The van der Waals surface area contributed by atoms with E-state index in [2.05, 4.69) is 27.4 Å². The lowest BCUT2D eigenvalue weighted by Gasteiger charge is -2.06. The van der Waals surface area contributed by atoms with Gasteiger partial charge in [0.1, 0.15) is 11.4 Å². The van der Waals surface area contributed by atoms with E-state index in [1.165, 1.54) is 17.3 Å². The van der Waals surface area contributed by atoms with Crippen molar-refractivity contribution in [1.82, 2.24) is 15.4 Å². The van der Waals surface area contributed by atoms with Gasteiger partial charge in [-0.3, -0.25) is 9.78 Å². The van der Waals surface area contributed by atoms with Gasteiger partial charge in [0, 0.05) is 5.56 Å². The summed E-state index contributed by atoms with van der Waals surface area (Å²) in [7, 11) is 0. The van der Waals surface area contributed by atoms with E-state index >= 15 is 0 Å². The summed E-state index contributed by atoms with van der Waals surface area (Å²) in [5, 5.41) is 4.05. The highest BCUT2D eigenvalue weighted by atomic mass is 16.5. The van der Waals surface area contributed by atoms with Gasteiger partial charge in [0.15, 0.2) is 0 Å². The smallest absolute Gasteiger partial charge is 0.291 e. The molecule has 0 fully saturated rings. The van der Waals surface area contributed by atoms with Crippen LogP contribution in [0.25, 0.3) is 11.3 Å². The molecule has 134 valence electrons. The first kappa shape index (κ1) is 17.8. The average molecular weight is 350 g/mol. The lowest BCUT2D eigenvalue weighted by Crippen LogP contribution is -2.19. The second-order valence-electron chi connectivity index (χ2n) is 6.11. The number of hydrogen-bond acceptors (Lipinski definition) is 5. The van der Waals surface area contributed by atoms with Crippen LogP contribution in [0.3, 0.4) is 0 Å². The molecule has 1 amide bonds. The Bertz CT molecular complexity index is 841. The molecular weight excluding hydrogens is 328 g/mol. The summed E-state index contributed by atoms with van der Waals surface area (Å²) in [6.45, 7) is 4.65. The van der Waals surface area contributed by atoms with Gasteiger partial charge in [-0.2, -0.15) is 5.10 Å². The van der Waals surface area contributed by atoms with E-state index in [0.717, 1.165) is 30.6 Å². The second kappa shape index (κ2) is 8.38. The first-order chi connectivity index (χ1) is 12.7. The van der Waals surface area contributed by atoms with Crippen molar-refractivity contribution in [3.63, 3.8) is 0 Å².